The Balaban J connectivity index is 4.50. The van der Waals surface area contributed by atoms with Crippen molar-refractivity contribution in [1.82, 2.24) is 0 Å². The minimum atomic E-state index is -0.811. The minimum absolute atomic E-state index is 0.109. The molecule has 0 saturated heterocycles. The molecular formula is C56H92O6. The fraction of sp³-hybridized carbons (Fsp3) is 0.661. The third-order valence-electron chi connectivity index (χ3n) is 10.4. The largest absolute Gasteiger partial charge is 0.462 e. The smallest absolute Gasteiger partial charge is 0.306 e. The van der Waals surface area contributed by atoms with Crippen molar-refractivity contribution in [3.8, 4) is 0 Å². The molecule has 1 atom stereocenters. The summed E-state index contributed by atoms with van der Waals surface area (Å²) in [5, 5.41) is 0. The number of hydrogen-bond acceptors (Lipinski definition) is 6. The van der Waals surface area contributed by atoms with Crippen molar-refractivity contribution in [1.29, 1.82) is 0 Å². The number of esters is 3. The van der Waals surface area contributed by atoms with Gasteiger partial charge in [-0.3, -0.25) is 14.4 Å². The Morgan fingerprint density at radius 3 is 1.23 bits per heavy atom. The predicted molar refractivity (Wildman–Crippen MR) is 265 cm³/mol. The molecule has 6 heteroatoms. The highest BCUT2D eigenvalue weighted by molar-refractivity contribution is 5.71. The second-order valence-corrected chi connectivity index (χ2v) is 16.4. The van der Waals surface area contributed by atoms with Crippen LogP contribution >= 0.6 is 0 Å². The van der Waals surface area contributed by atoms with E-state index >= 15 is 0 Å². The minimum Gasteiger partial charge on any atom is -0.462 e. The zero-order valence-corrected chi connectivity index (χ0v) is 40.1. The molecule has 1 unspecified atom stereocenters. The highest BCUT2D eigenvalue weighted by Crippen LogP contribution is 2.13. The van der Waals surface area contributed by atoms with E-state index in [1.165, 1.54) is 64.2 Å². The Labute approximate surface area is 381 Å². The first-order valence-electron chi connectivity index (χ1n) is 25.3. The third-order valence-corrected chi connectivity index (χ3v) is 10.4. The molecule has 0 N–H and O–H groups in total. The van der Waals surface area contributed by atoms with Crippen LogP contribution in [0.3, 0.4) is 0 Å². The molecule has 352 valence electrons. The number of hydrogen-bond donors (Lipinski definition) is 0. The van der Waals surface area contributed by atoms with E-state index in [0.29, 0.717) is 19.3 Å². The monoisotopic (exact) mass is 861 g/mol. The molecule has 0 spiro atoms. The molecule has 0 radical (unpaired) electrons. The van der Waals surface area contributed by atoms with Gasteiger partial charge in [-0.05, 0) is 103 Å². The summed E-state index contributed by atoms with van der Waals surface area (Å²) in [5.41, 5.74) is 0. The SMILES string of the molecule is CC/C=C\C/C=C\C/C=C\CCCCC(=O)OCC(COC(=O)CCCCCCC\C=C/C=C\C=C/C=C\CCCCC)OC(=O)CCCCC/C=C\CCCCCCCCC. The number of unbranched alkanes of at least 4 members (excludes halogenated alkanes) is 20. The maximum atomic E-state index is 12.8. The van der Waals surface area contributed by atoms with Crippen LogP contribution < -0.4 is 0 Å². The van der Waals surface area contributed by atoms with E-state index < -0.39 is 6.10 Å². The van der Waals surface area contributed by atoms with Crippen molar-refractivity contribution < 1.29 is 28.6 Å². The normalized spacial score (nSPS) is 12.9. The summed E-state index contributed by atoms with van der Waals surface area (Å²) in [6, 6.07) is 0. The molecule has 0 aromatic carbocycles. The Morgan fingerprint density at radius 2 is 0.694 bits per heavy atom. The summed E-state index contributed by atoms with van der Waals surface area (Å²) in [4.78, 5) is 37.9. The Kier molecular flexibility index (Phi) is 47.0. The number of allylic oxidation sites excluding steroid dienone is 16. The number of carbonyl (C=O) groups excluding carboxylic acids is 3. The summed E-state index contributed by atoms with van der Waals surface area (Å²) in [7, 11) is 0. The molecular weight excluding hydrogens is 769 g/mol. The molecule has 0 aliphatic rings. The van der Waals surface area contributed by atoms with Crippen LogP contribution in [-0.4, -0.2) is 37.2 Å². The Morgan fingerprint density at radius 1 is 0.355 bits per heavy atom. The Bertz CT molecular complexity index is 1260. The zero-order valence-electron chi connectivity index (χ0n) is 40.1. The van der Waals surface area contributed by atoms with Crippen molar-refractivity contribution in [2.24, 2.45) is 0 Å². The summed E-state index contributed by atoms with van der Waals surface area (Å²) in [6.45, 7) is 6.40. The van der Waals surface area contributed by atoms with Gasteiger partial charge in [-0.15, -0.1) is 0 Å². The van der Waals surface area contributed by atoms with Gasteiger partial charge in [-0.1, -0.05) is 195 Å². The predicted octanol–water partition coefficient (Wildman–Crippen LogP) is 16.6. The number of ether oxygens (including phenoxy) is 3. The van der Waals surface area contributed by atoms with Crippen LogP contribution in [0.1, 0.15) is 220 Å². The zero-order chi connectivity index (χ0) is 45.1. The van der Waals surface area contributed by atoms with Gasteiger partial charge in [0.25, 0.3) is 0 Å². The number of rotatable bonds is 44. The van der Waals surface area contributed by atoms with Crippen LogP contribution in [-0.2, 0) is 28.6 Å². The molecule has 0 rings (SSSR count). The second-order valence-electron chi connectivity index (χ2n) is 16.4. The van der Waals surface area contributed by atoms with Crippen LogP contribution in [0, 0.1) is 0 Å². The van der Waals surface area contributed by atoms with Gasteiger partial charge in [0.1, 0.15) is 13.2 Å². The molecule has 0 amide bonds. The van der Waals surface area contributed by atoms with Crippen LogP contribution in [0.2, 0.25) is 0 Å². The van der Waals surface area contributed by atoms with E-state index in [-0.39, 0.29) is 31.1 Å². The molecule has 0 aliphatic heterocycles. The molecule has 6 nitrogen and oxygen atoms in total. The Hall–Kier alpha value is -3.67. The fourth-order valence-corrected chi connectivity index (χ4v) is 6.58. The second kappa shape index (κ2) is 50.0. The van der Waals surface area contributed by atoms with E-state index in [1.807, 2.05) is 0 Å². The first kappa shape index (κ1) is 58.3. The molecule has 0 heterocycles. The molecule has 0 fully saturated rings. The standard InChI is InChI=1S/C56H92O6/c1-4-7-10-13-16-19-22-25-27-28-29-30-32-34-37-40-43-46-49-55(58)61-52-53(51-60-54(57)48-45-42-39-36-33-24-21-18-15-12-9-6-3)62-56(59)50-47-44-41-38-35-31-26-23-20-17-14-11-8-5-2/h9,12,16,18-19,21-22,25,27-31,33,35-36,53H,4-8,10-11,13-15,17,20,23-24,26,32,34,37-52H2,1-3H3/b12-9-,19-16-,21-18-,25-22-,28-27-,30-29-,35-31-,36-33-. The average molecular weight is 861 g/mol. The van der Waals surface area contributed by atoms with Crippen LogP contribution in [0.25, 0.3) is 0 Å². The lowest BCUT2D eigenvalue weighted by molar-refractivity contribution is -0.167. The van der Waals surface area contributed by atoms with Gasteiger partial charge in [0.2, 0.25) is 0 Å². The maximum Gasteiger partial charge on any atom is 0.306 e. The average Bonchev–Trinajstić information content (AvgIpc) is 3.27. The van der Waals surface area contributed by atoms with Crippen molar-refractivity contribution in [2.75, 3.05) is 13.2 Å². The van der Waals surface area contributed by atoms with Gasteiger partial charge in [0.15, 0.2) is 6.10 Å². The third kappa shape index (κ3) is 47.4. The first-order chi connectivity index (χ1) is 30.5. The first-order valence-corrected chi connectivity index (χ1v) is 25.3. The van der Waals surface area contributed by atoms with E-state index in [1.54, 1.807) is 0 Å². The maximum absolute atomic E-state index is 12.8. The van der Waals surface area contributed by atoms with Gasteiger partial charge < -0.3 is 14.2 Å². The van der Waals surface area contributed by atoms with Crippen molar-refractivity contribution in [3.05, 3.63) is 97.2 Å². The summed E-state index contributed by atoms with van der Waals surface area (Å²) in [6.07, 6.45) is 65.3. The fourth-order valence-electron chi connectivity index (χ4n) is 6.58. The van der Waals surface area contributed by atoms with Gasteiger partial charge in [-0.2, -0.15) is 0 Å². The van der Waals surface area contributed by atoms with Crippen molar-refractivity contribution >= 4 is 17.9 Å². The van der Waals surface area contributed by atoms with Crippen LogP contribution in [0.4, 0.5) is 0 Å². The topological polar surface area (TPSA) is 78.9 Å². The highest BCUT2D eigenvalue weighted by atomic mass is 16.6. The van der Waals surface area contributed by atoms with Crippen molar-refractivity contribution in [2.45, 2.75) is 226 Å². The van der Waals surface area contributed by atoms with Crippen LogP contribution in [0.5, 0.6) is 0 Å². The molecule has 0 aromatic rings. The lowest BCUT2D eigenvalue weighted by Gasteiger charge is -2.18. The van der Waals surface area contributed by atoms with E-state index in [2.05, 4.69) is 118 Å². The van der Waals surface area contributed by atoms with E-state index in [0.717, 1.165) is 116 Å². The summed E-state index contributed by atoms with van der Waals surface area (Å²) >= 11 is 0. The molecule has 62 heavy (non-hydrogen) atoms. The van der Waals surface area contributed by atoms with Crippen LogP contribution in [0.15, 0.2) is 97.2 Å². The summed E-state index contributed by atoms with van der Waals surface area (Å²) < 4.78 is 16.7. The lowest BCUT2D eigenvalue weighted by atomic mass is 10.1. The van der Waals surface area contributed by atoms with E-state index in [9.17, 15) is 14.4 Å². The molecule has 0 bridgehead atoms. The van der Waals surface area contributed by atoms with Gasteiger partial charge >= 0.3 is 17.9 Å². The van der Waals surface area contributed by atoms with Gasteiger partial charge in [0, 0.05) is 19.3 Å². The summed E-state index contributed by atoms with van der Waals surface area (Å²) in [5.74, 6) is -0.991. The van der Waals surface area contributed by atoms with Crippen molar-refractivity contribution in [3.63, 3.8) is 0 Å². The van der Waals surface area contributed by atoms with E-state index in [4.69, 9.17) is 14.2 Å². The number of carbonyl (C=O) groups is 3. The molecule has 0 aromatic heterocycles. The highest BCUT2D eigenvalue weighted by Gasteiger charge is 2.19. The quantitative estimate of drug-likeness (QED) is 0.0200. The molecule has 0 saturated carbocycles. The van der Waals surface area contributed by atoms with Gasteiger partial charge in [-0.25, -0.2) is 0 Å². The van der Waals surface area contributed by atoms with Gasteiger partial charge in [0.05, 0.1) is 0 Å². The molecule has 0 aliphatic carbocycles. The lowest BCUT2D eigenvalue weighted by Crippen LogP contribution is -2.30.